The molecule has 0 spiro atoms. The van der Waals surface area contributed by atoms with Crippen molar-refractivity contribution in [2.24, 2.45) is 0 Å². The predicted octanol–water partition coefficient (Wildman–Crippen LogP) is 4.72. The highest BCUT2D eigenvalue weighted by atomic mass is 79.9. The number of ether oxygens (including phenoxy) is 1. The van der Waals surface area contributed by atoms with Crippen molar-refractivity contribution >= 4 is 27.5 Å². The Morgan fingerprint density at radius 1 is 1.25 bits per heavy atom. The van der Waals surface area contributed by atoms with Crippen molar-refractivity contribution in [3.63, 3.8) is 0 Å². The zero-order chi connectivity index (χ0) is 13.9. The molecule has 1 aliphatic rings. The lowest BCUT2D eigenvalue weighted by molar-refractivity contribution is 0.252. The van der Waals surface area contributed by atoms with Gasteiger partial charge in [0.15, 0.2) is 0 Å². The number of benzene rings is 2. The Morgan fingerprint density at radius 3 is 2.95 bits per heavy atom. The molecule has 2 nitrogen and oxygen atoms in total. The first-order valence-electron chi connectivity index (χ1n) is 6.63. The van der Waals surface area contributed by atoms with E-state index in [0.717, 1.165) is 40.4 Å². The van der Waals surface area contributed by atoms with E-state index < -0.39 is 0 Å². The number of rotatable bonds is 3. The molecule has 0 fully saturated rings. The van der Waals surface area contributed by atoms with E-state index in [1.807, 2.05) is 30.3 Å². The molecular weight excluding hydrogens is 338 g/mol. The fourth-order valence-corrected chi connectivity index (χ4v) is 3.19. The van der Waals surface area contributed by atoms with E-state index in [1.165, 1.54) is 5.56 Å². The molecule has 0 saturated carbocycles. The van der Waals surface area contributed by atoms with Crippen LogP contribution >= 0.6 is 27.5 Å². The monoisotopic (exact) mass is 351 g/mol. The van der Waals surface area contributed by atoms with Gasteiger partial charge in [-0.3, -0.25) is 0 Å². The molecule has 1 N–H and O–H groups in total. The zero-order valence-electron chi connectivity index (χ0n) is 10.9. The number of para-hydroxylation sites is 1. The molecule has 1 heterocycles. The molecule has 1 aliphatic heterocycles. The molecule has 0 bridgehead atoms. The molecule has 2 aromatic rings. The summed E-state index contributed by atoms with van der Waals surface area (Å²) in [5.74, 6) is 0.984. The van der Waals surface area contributed by atoms with Gasteiger partial charge in [0.05, 0.1) is 6.61 Å². The van der Waals surface area contributed by atoms with Crippen LogP contribution in [0.4, 0.5) is 0 Å². The molecule has 0 radical (unpaired) electrons. The third-order valence-corrected chi connectivity index (χ3v) is 4.36. The Balaban J connectivity index is 1.73. The van der Waals surface area contributed by atoms with E-state index in [1.54, 1.807) is 0 Å². The molecule has 3 rings (SSSR count). The van der Waals surface area contributed by atoms with Gasteiger partial charge in [0, 0.05) is 34.1 Å². The molecule has 2 aromatic carbocycles. The van der Waals surface area contributed by atoms with Crippen LogP contribution in [-0.4, -0.2) is 6.61 Å². The third-order valence-electron chi connectivity index (χ3n) is 3.51. The number of nitrogens with one attached hydrogen (secondary N) is 1. The summed E-state index contributed by atoms with van der Waals surface area (Å²) in [6.07, 6.45) is 0.977. The quantitative estimate of drug-likeness (QED) is 0.863. The molecule has 0 aliphatic carbocycles. The van der Waals surface area contributed by atoms with E-state index in [9.17, 15) is 0 Å². The third kappa shape index (κ3) is 3.00. The van der Waals surface area contributed by atoms with Crippen LogP contribution in [0.5, 0.6) is 5.75 Å². The van der Waals surface area contributed by atoms with Gasteiger partial charge in [-0.2, -0.15) is 0 Å². The van der Waals surface area contributed by atoms with Crippen LogP contribution < -0.4 is 10.1 Å². The largest absolute Gasteiger partial charge is 0.493 e. The first kappa shape index (κ1) is 13.9. The zero-order valence-corrected chi connectivity index (χ0v) is 13.2. The van der Waals surface area contributed by atoms with Crippen molar-refractivity contribution in [1.29, 1.82) is 0 Å². The van der Waals surface area contributed by atoms with Crippen LogP contribution in [-0.2, 0) is 6.54 Å². The van der Waals surface area contributed by atoms with E-state index >= 15 is 0 Å². The molecule has 104 valence electrons. The second kappa shape index (κ2) is 6.17. The topological polar surface area (TPSA) is 21.3 Å². The summed E-state index contributed by atoms with van der Waals surface area (Å²) in [6, 6.07) is 14.5. The fraction of sp³-hybridized carbons (Fsp3) is 0.250. The highest BCUT2D eigenvalue weighted by Crippen LogP contribution is 2.32. The SMILES string of the molecule is Clc1cc(Br)ccc1CNC1CCOc2ccccc21. The second-order valence-corrected chi connectivity index (χ2v) is 6.17. The summed E-state index contributed by atoms with van der Waals surface area (Å²) < 4.78 is 6.68. The average Bonchev–Trinajstić information content (AvgIpc) is 2.46. The van der Waals surface area contributed by atoms with Gasteiger partial charge in [-0.25, -0.2) is 0 Å². The van der Waals surface area contributed by atoms with Crippen molar-refractivity contribution in [3.8, 4) is 5.75 Å². The highest BCUT2D eigenvalue weighted by molar-refractivity contribution is 9.10. The minimum Gasteiger partial charge on any atom is -0.493 e. The smallest absolute Gasteiger partial charge is 0.124 e. The first-order valence-corrected chi connectivity index (χ1v) is 7.80. The maximum absolute atomic E-state index is 6.25. The van der Waals surface area contributed by atoms with Gasteiger partial charge < -0.3 is 10.1 Å². The van der Waals surface area contributed by atoms with Gasteiger partial charge in [-0.1, -0.05) is 51.8 Å². The Labute approximate surface area is 132 Å². The molecular formula is C16H15BrClNO. The molecule has 20 heavy (non-hydrogen) atoms. The molecule has 0 aromatic heterocycles. The van der Waals surface area contributed by atoms with Gasteiger partial charge in [-0.05, 0) is 23.8 Å². The standard InChI is InChI=1S/C16H15BrClNO/c17-12-6-5-11(14(18)9-12)10-19-15-7-8-20-16-4-2-1-3-13(15)16/h1-6,9,15,19H,7-8,10H2. The Kier molecular flexibility index (Phi) is 4.29. The van der Waals surface area contributed by atoms with E-state index in [2.05, 4.69) is 33.4 Å². The molecule has 0 amide bonds. The summed E-state index contributed by atoms with van der Waals surface area (Å²) in [5, 5.41) is 4.36. The predicted molar refractivity (Wildman–Crippen MR) is 85.3 cm³/mol. The van der Waals surface area contributed by atoms with Gasteiger partial charge in [-0.15, -0.1) is 0 Å². The summed E-state index contributed by atoms with van der Waals surface area (Å²) in [4.78, 5) is 0. The molecule has 1 unspecified atom stereocenters. The van der Waals surface area contributed by atoms with Crippen LogP contribution in [0.2, 0.25) is 5.02 Å². The van der Waals surface area contributed by atoms with E-state index in [0.29, 0.717) is 6.04 Å². The summed E-state index contributed by atoms with van der Waals surface area (Å²) in [6.45, 7) is 1.51. The van der Waals surface area contributed by atoms with Crippen molar-refractivity contribution in [2.45, 2.75) is 19.0 Å². The number of hydrogen-bond donors (Lipinski definition) is 1. The number of fused-ring (bicyclic) bond motifs is 1. The van der Waals surface area contributed by atoms with Crippen molar-refractivity contribution < 1.29 is 4.74 Å². The fourth-order valence-electron chi connectivity index (χ4n) is 2.45. The van der Waals surface area contributed by atoms with Crippen LogP contribution in [0.15, 0.2) is 46.9 Å². The highest BCUT2D eigenvalue weighted by Gasteiger charge is 2.20. The van der Waals surface area contributed by atoms with Crippen molar-refractivity contribution in [2.75, 3.05) is 6.61 Å². The summed E-state index contributed by atoms with van der Waals surface area (Å²) in [5.41, 5.74) is 2.34. The maximum Gasteiger partial charge on any atom is 0.124 e. The first-order chi connectivity index (χ1) is 9.74. The Morgan fingerprint density at radius 2 is 2.10 bits per heavy atom. The van der Waals surface area contributed by atoms with E-state index in [-0.39, 0.29) is 0 Å². The van der Waals surface area contributed by atoms with Crippen molar-refractivity contribution in [1.82, 2.24) is 5.32 Å². The van der Waals surface area contributed by atoms with Gasteiger partial charge >= 0.3 is 0 Å². The van der Waals surface area contributed by atoms with Crippen LogP contribution in [0.1, 0.15) is 23.6 Å². The Bertz CT molecular complexity index is 617. The minimum atomic E-state index is 0.319. The van der Waals surface area contributed by atoms with Gasteiger partial charge in [0.1, 0.15) is 5.75 Å². The number of halogens is 2. The Hall–Kier alpha value is -1.03. The van der Waals surface area contributed by atoms with Crippen LogP contribution in [0.3, 0.4) is 0 Å². The van der Waals surface area contributed by atoms with Crippen LogP contribution in [0, 0.1) is 0 Å². The van der Waals surface area contributed by atoms with Gasteiger partial charge in [0.2, 0.25) is 0 Å². The molecule has 0 saturated heterocycles. The molecule has 1 atom stereocenters. The lowest BCUT2D eigenvalue weighted by atomic mass is 10.0. The van der Waals surface area contributed by atoms with E-state index in [4.69, 9.17) is 16.3 Å². The van der Waals surface area contributed by atoms with Gasteiger partial charge in [0.25, 0.3) is 0 Å². The average molecular weight is 353 g/mol. The lowest BCUT2D eigenvalue weighted by Crippen LogP contribution is -2.26. The number of hydrogen-bond acceptors (Lipinski definition) is 2. The molecule has 4 heteroatoms. The summed E-state index contributed by atoms with van der Waals surface area (Å²) >= 11 is 9.68. The lowest BCUT2D eigenvalue weighted by Gasteiger charge is -2.27. The maximum atomic E-state index is 6.25. The summed E-state index contributed by atoms with van der Waals surface area (Å²) in [7, 11) is 0. The minimum absolute atomic E-state index is 0.319. The normalized spacial score (nSPS) is 17.4. The van der Waals surface area contributed by atoms with Crippen LogP contribution in [0.25, 0.3) is 0 Å². The second-order valence-electron chi connectivity index (χ2n) is 4.84. The van der Waals surface area contributed by atoms with Crippen molar-refractivity contribution in [3.05, 3.63) is 63.1 Å².